The highest BCUT2D eigenvalue weighted by Gasteiger charge is 2.04. The van der Waals surface area contributed by atoms with Crippen LogP contribution in [0.15, 0.2) is 0 Å². The Morgan fingerprint density at radius 3 is 1.12 bits per heavy atom. The van der Waals surface area contributed by atoms with Gasteiger partial charge in [0, 0.05) is 6.42 Å². The molecule has 0 fully saturated rings. The predicted molar refractivity (Wildman–Crippen MR) is 181 cm³/mol. The van der Waals surface area contributed by atoms with E-state index >= 15 is 0 Å². The number of ether oxygens (including phenoxy) is 1. The number of hydrogen-bond acceptors (Lipinski definition) is 3. The minimum Gasteiger partial charge on any atom is -0.466 e. The first-order chi connectivity index (χ1) is 20.2. The van der Waals surface area contributed by atoms with Crippen molar-refractivity contribution in [3.05, 3.63) is 0 Å². The van der Waals surface area contributed by atoms with Gasteiger partial charge in [0.05, 0.1) is 12.7 Å². The Morgan fingerprint density at radius 2 is 0.732 bits per heavy atom. The zero-order chi connectivity index (χ0) is 29.9. The zero-order valence-electron chi connectivity index (χ0n) is 28.4. The summed E-state index contributed by atoms with van der Waals surface area (Å²) in [5.74, 6) is 0.00484. The molecule has 0 aliphatic rings. The molecule has 0 aromatic carbocycles. The Balaban J connectivity index is 3.19. The maximum atomic E-state index is 11.9. The summed E-state index contributed by atoms with van der Waals surface area (Å²) in [5.41, 5.74) is 0. The molecule has 0 saturated carbocycles. The fourth-order valence-electron chi connectivity index (χ4n) is 5.92. The maximum Gasteiger partial charge on any atom is 0.305 e. The molecule has 0 rings (SSSR count). The summed E-state index contributed by atoms with van der Waals surface area (Å²) in [7, 11) is 0. The Morgan fingerprint density at radius 1 is 0.439 bits per heavy atom. The zero-order valence-corrected chi connectivity index (χ0v) is 28.4. The minimum absolute atomic E-state index is 0.00484. The highest BCUT2D eigenvalue weighted by atomic mass is 16.5. The third-order valence-corrected chi connectivity index (χ3v) is 8.82. The third kappa shape index (κ3) is 35.5. The lowest BCUT2D eigenvalue weighted by atomic mass is 10.0. The van der Waals surface area contributed by atoms with Gasteiger partial charge in [-0.25, -0.2) is 0 Å². The van der Waals surface area contributed by atoms with Crippen molar-refractivity contribution in [3.63, 3.8) is 0 Å². The van der Waals surface area contributed by atoms with E-state index in [0.29, 0.717) is 13.0 Å². The second-order valence-electron chi connectivity index (χ2n) is 13.1. The largest absolute Gasteiger partial charge is 0.466 e. The van der Waals surface area contributed by atoms with Gasteiger partial charge in [-0.3, -0.25) is 4.79 Å². The summed E-state index contributed by atoms with van der Waals surface area (Å²) in [6.45, 7) is 5.14. The molecule has 0 amide bonds. The first kappa shape index (κ1) is 40.4. The highest BCUT2D eigenvalue weighted by molar-refractivity contribution is 5.69. The third-order valence-electron chi connectivity index (χ3n) is 8.82. The molecule has 41 heavy (non-hydrogen) atoms. The van der Waals surface area contributed by atoms with Gasteiger partial charge in [0.15, 0.2) is 0 Å². The quantitative estimate of drug-likeness (QED) is 0.0599. The fraction of sp³-hybridized carbons (Fsp3) is 0.974. The van der Waals surface area contributed by atoms with E-state index in [1.165, 1.54) is 173 Å². The summed E-state index contributed by atoms with van der Waals surface area (Å²) in [6.07, 6.45) is 41.9. The molecule has 0 radical (unpaired) electrons. The molecule has 0 aromatic heterocycles. The van der Waals surface area contributed by atoms with Crippen LogP contribution in [-0.2, 0) is 9.53 Å². The van der Waals surface area contributed by atoms with Gasteiger partial charge in [0.1, 0.15) is 0 Å². The molecule has 246 valence electrons. The van der Waals surface area contributed by atoms with Crippen LogP contribution in [0.2, 0.25) is 0 Å². The number of aliphatic hydroxyl groups is 1. The van der Waals surface area contributed by atoms with Gasteiger partial charge >= 0.3 is 5.97 Å². The lowest BCUT2D eigenvalue weighted by molar-refractivity contribution is -0.143. The van der Waals surface area contributed by atoms with Crippen LogP contribution in [0.3, 0.4) is 0 Å². The number of aliphatic hydroxyl groups excluding tert-OH is 1. The summed E-state index contributed by atoms with van der Waals surface area (Å²) in [5, 5.41) is 10.0. The predicted octanol–water partition coefficient (Wildman–Crippen LogP) is 12.8. The van der Waals surface area contributed by atoms with Gasteiger partial charge in [-0.05, 0) is 25.7 Å². The standard InChI is InChI=1S/C38H76O3/c1-3-5-7-9-10-11-12-13-14-15-16-17-18-19-22-25-28-32-36-41-38(40)35-31-27-24-21-20-23-26-30-34-37(39)33-29-8-6-4-2/h37,39H,3-36H2,1-2H3. The van der Waals surface area contributed by atoms with Crippen molar-refractivity contribution in [2.45, 2.75) is 232 Å². The normalized spacial score (nSPS) is 12.2. The van der Waals surface area contributed by atoms with Crippen molar-refractivity contribution in [3.8, 4) is 0 Å². The average Bonchev–Trinajstić information content (AvgIpc) is 2.97. The number of carbonyl (C=O) groups excluding carboxylic acids is 1. The monoisotopic (exact) mass is 581 g/mol. The number of esters is 1. The Bertz CT molecular complexity index is 492. The molecule has 0 aromatic rings. The summed E-state index contributed by atoms with van der Waals surface area (Å²) >= 11 is 0. The van der Waals surface area contributed by atoms with Crippen molar-refractivity contribution in [1.82, 2.24) is 0 Å². The number of hydrogen-bond donors (Lipinski definition) is 1. The second kappa shape index (κ2) is 35.6. The van der Waals surface area contributed by atoms with Gasteiger partial charge < -0.3 is 9.84 Å². The molecule has 1 atom stereocenters. The van der Waals surface area contributed by atoms with E-state index < -0.39 is 0 Å². The van der Waals surface area contributed by atoms with Crippen LogP contribution < -0.4 is 0 Å². The summed E-state index contributed by atoms with van der Waals surface area (Å²) in [4.78, 5) is 11.9. The minimum atomic E-state index is -0.0783. The van der Waals surface area contributed by atoms with Crippen molar-refractivity contribution >= 4 is 5.97 Å². The lowest BCUT2D eigenvalue weighted by Gasteiger charge is -2.10. The smallest absolute Gasteiger partial charge is 0.305 e. The Labute approximate surface area is 258 Å². The van der Waals surface area contributed by atoms with Crippen LogP contribution in [0.1, 0.15) is 226 Å². The molecule has 0 aliphatic carbocycles. The second-order valence-corrected chi connectivity index (χ2v) is 13.1. The molecular weight excluding hydrogens is 504 g/mol. The van der Waals surface area contributed by atoms with Gasteiger partial charge in [-0.2, -0.15) is 0 Å². The van der Waals surface area contributed by atoms with Gasteiger partial charge in [-0.1, -0.05) is 194 Å². The van der Waals surface area contributed by atoms with Crippen LogP contribution >= 0.6 is 0 Å². The molecule has 0 heterocycles. The summed E-state index contributed by atoms with van der Waals surface area (Å²) in [6, 6.07) is 0. The highest BCUT2D eigenvalue weighted by Crippen LogP contribution is 2.16. The van der Waals surface area contributed by atoms with Gasteiger partial charge in [0.2, 0.25) is 0 Å². The molecule has 0 spiro atoms. The molecule has 1 unspecified atom stereocenters. The fourth-order valence-corrected chi connectivity index (χ4v) is 5.92. The van der Waals surface area contributed by atoms with Crippen molar-refractivity contribution < 1.29 is 14.6 Å². The van der Waals surface area contributed by atoms with E-state index in [1.54, 1.807) is 0 Å². The first-order valence-corrected chi connectivity index (χ1v) is 19.0. The van der Waals surface area contributed by atoms with E-state index in [0.717, 1.165) is 32.1 Å². The number of carbonyl (C=O) groups is 1. The van der Waals surface area contributed by atoms with E-state index in [9.17, 15) is 9.90 Å². The van der Waals surface area contributed by atoms with Crippen molar-refractivity contribution in [2.75, 3.05) is 6.61 Å². The molecule has 0 bridgehead atoms. The molecular formula is C38H76O3. The topological polar surface area (TPSA) is 46.5 Å². The summed E-state index contributed by atoms with van der Waals surface area (Å²) < 4.78 is 5.44. The molecule has 3 nitrogen and oxygen atoms in total. The van der Waals surface area contributed by atoms with E-state index in [2.05, 4.69) is 13.8 Å². The van der Waals surface area contributed by atoms with Crippen molar-refractivity contribution in [2.24, 2.45) is 0 Å². The maximum absolute atomic E-state index is 11.9. The molecule has 1 N–H and O–H groups in total. The molecule has 3 heteroatoms. The van der Waals surface area contributed by atoms with Crippen LogP contribution in [0, 0.1) is 0 Å². The Hall–Kier alpha value is -0.570. The SMILES string of the molecule is CCCCCCCCCCCCCCCCCCCCOC(=O)CCCCCCCCCCC(O)CCCCCC. The number of rotatable bonds is 35. The van der Waals surface area contributed by atoms with E-state index in [4.69, 9.17) is 4.74 Å². The number of unbranched alkanes of at least 4 members (excludes halogenated alkanes) is 27. The first-order valence-electron chi connectivity index (χ1n) is 19.0. The van der Waals surface area contributed by atoms with Crippen molar-refractivity contribution in [1.29, 1.82) is 0 Å². The van der Waals surface area contributed by atoms with Crippen LogP contribution in [0.5, 0.6) is 0 Å². The average molecular weight is 581 g/mol. The lowest BCUT2D eigenvalue weighted by Crippen LogP contribution is -2.06. The molecule has 0 saturated heterocycles. The van der Waals surface area contributed by atoms with Crippen LogP contribution in [0.4, 0.5) is 0 Å². The van der Waals surface area contributed by atoms with E-state index in [-0.39, 0.29) is 12.1 Å². The van der Waals surface area contributed by atoms with Gasteiger partial charge in [0.25, 0.3) is 0 Å². The Kier molecular flexibility index (Phi) is 35.1. The van der Waals surface area contributed by atoms with Crippen LogP contribution in [-0.4, -0.2) is 23.8 Å². The van der Waals surface area contributed by atoms with E-state index in [1.807, 2.05) is 0 Å². The molecule has 0 aliphatic heterocycles. The van der Waals surface area contributed by atoms with Crippen LogP contribution in [0.25, 0.3) is 0 Å². The van der Waals surface area contributed by atoms with Gasteiger partial charge in [-0.15, -0.1) is 0 Å².